The first-order valence-electron chi connectivity index (χ1n) is 8.29. The number of esters is 1. The number of benzene rings is 2. The first-order valence-corrected chi connectivity index (χ1v) is 8.29. The Morgan fingerprint density at radius 3 is 2.46 bits per heavy atom. The molecular weight excluding hydrogens is 332 g/mol. The fourth-order valence-electron chi connectivity index (χ4n) is 3.01. The van der Waals surface area contributed by atoms with Crippen molar-refractivity contribution >= 4 is 17.9 Å². The van der Waals surface area contributed by atoms with Gasteiger partial charge in [0.15, 0.2) is 0 Å². The van der Waals surface area contributed by atoms with Crippen LogP contribution >= 0.6 is 0 Å². The second-order valence-corrected chi connectivity index (χ2v) is 6.56. The van der Waals surface area contributed by atoms with Crippen LogP contribution < -0.4 is 10.1 Å². The number of ether oxygens (including phenoxy) is 1. The van der Waals surface area contributed by atoms with E-state index in [0.717, 1.165) is 16.0 Å². The lowest BCUT2D eigenvalue weighted by Gasteiger charge is -2.22. The van der Waals surface area contributed by atoms with E-state index in [9.17, 15) is 14.4 Å². The molecule has 6 heteroatoms. The number of carbonyl (C=O) groups excluding carboxylic acids is 3. The molecule has 1 saturated heterocycles. The van der Waals surface area contributed by atoms with E-state index in [-0.39, 0.29) is 0 Å². The minimum atomic E-state index is -1.20. The van der Waals surface area contributed by atoms with E-state index in [1.165, 1.54) is 0 Å². The van der Waals surface area contributed by atoms with E-state index in [1.807, 2.05) is 32.0 Å². The number of hydrogen-bond donors (Lipinski definition) is 1. The van der Waals surface area contributed by atoms with Crippen LogP contribution in [-0.4, -0.2) is 29.4 Å². The topological polar surface area (TPSA) is 75.7 Å². The van der Waals surface area contributed by atoms with Gasteiger partial charge in [0.05, 0.1) is 0 Å². The van der Waals surface area contributed by atoms with Crippen molar-refractivity contribution in [1.29, 1.82) is 0 Å². The molecule has 1 N–H and O–H groups in total. The number of hydrogen-bond acceptors (Lipinski definition) is 4. The van der Waals surface area contributed by atoms with Gasteiger partial charge < -0.3 is 10.1 Å². The van der Waals surface area contributed by atoms with Gasteiger partial charge in [-0.2, -0.15) is 0 Å². The molecule has 6 nitrogen and oxygen atoms in total. The molecule has 1 fully saturated rings. The summed E-state index contributed by atoms with van der Waals surface area (Å²) < 4.78 is 5.32. The molecule has 0 aromatic heterocycles. The highest BCUT2D eigenvalue weighted by Crippen LogP contribution is 2.28. The molecule has 1 heterocycles. The molecule has 134 valence electrons. The molecule has 3 amide bonds. The van der Waals surface area contributed by atoms with Crippen molar-refractivity contribution in [2.75, 3.05) is 6.54 Å². The third-order valence-corrected chi connectivity index (χ3v) is 4.47. The number of rotatable bonds is 4. The van der Waals surface area contributed by atoms with Crippen molar-refractivity contribution < 1.29 is 19.1 Å². The van der Waals surface area contributed by atoms with Crippen LogP contribution in [0.25, 0.3) is 0 Å². The zero-order valence-corrected chi connectivity index (χ0v) is 14.9. The molecule has 1 aliphatic rings. The Kier molecular flexibility index (Phi) is 4.50. The van der Waals surface area contributed by atoms with Crippen molar-refractivity contribution in [3.05, 3.63) is 65.2 Å². The Bertz CT molecular complexity index is 879. The average Bonchev–Trinajstić information content (AvgIpc) is 2.82. The van der Waals surface area contributed by atoms with Gasteiger partial charge in [0.2, 0.25) is 0 Å². The number of carbonyl (C=O) groups is 3. The Morgan fingerprint density at radius 1 is 1.12 bits per heavy atom. The molecule has 26 heavy (non-hydrogen) atoms. The zero-order valence-electron chi connectivity index (χ0n) is 14.9. The van der Waals surface area contributed by atoms with Crippen LogP contribution in [0.15, 0.2) is 48.5 Å². The van der Waals surface area contributed by atoms with E-state index >= 15 is 0 Å². The van der Waals surface area contributed by atoms with Crippen molar-refractivity contribution in [1.82, 2.24) is 10.2 Å². The van der Waals surface area contributed by atoms with Gasteiger partial charge in [0.1, 0.15) is 17.8 Å². The van der Waals surface area contributed by atoms with Crippen LogP contribution in [0.3, 0.4) is 0 Å². The Morgan fingerprint density at radius 2 is 1.81 bits per heavy atom. The molecule has 0 spiro atoms. The van der Waals surface area contributed by atoms with Gasteiger partial charge in [-0.3, -0.25) is 9.69 Å². The smallest absolute Gasteiger partial charge is 0.331 e. The maximum Gasteiger partial charge on any atom is 0.331 e. The second-order valence-electron chi connectivity index (χ2n) is 6.56. The highest BCUT2D eigenvalue weighted by atomic mass is 16.5. The number of urea groups is 1. The van der Waals surface area contributed by atoms with Gasteiger partial charge in [-0.25, -0.2) is 9.59 Å². The zero-order chi connectivity index (χ0) is 18.9. The number of nitrogens with one attached hydrogen (secondary N) is 1. The largest absolute Gasteiger partial charge is 0.425 e. The van der Waals surface area contributed by atoms with E-state index < -0.39 is 30.0 Å². The summed E-state index contributed by atoms with van der Waals surface area (Å²) in [5, 5.41) is 2.66. The predicted octanol–water partition coefficient (Wildman–Crippen LogP) is 2.68. The van der Waals surface area contributed by atoms with Crippen molar-refractivity contribution in [3.8, 4) is 5.75 Å². The molecule has 0 bridgehead atoms. The summed E-state index contributed by atoms with van der Waals surface area (Å²) in [6.07, 6.45) is 0. The summed E-state index contributed by atoms with van der Waals surface area (Å²) in [5.41, 5.74) is 1.32. The maximum atomic E-state index is 12.8. The molecule has 1 unspecified atom stereocenters. The highest BCUT2D eigenvalue weighted by Gasteiger charge is 2.49. The van der Waals surface area contributed by atoms with Crippen LogP contribution in [0.2, 0.25) is 0 Å². The SMILES string of the molecule is Cc1ccc(OC(=O)CN2C(=O)NC(C)(c3ccccc3)C2=O)c(C)c1. The van der Waals surface area contributed by atoms with Crippen molar-refractivity contribution in [2.45, 2.75) is 26.3 Å². The van der Waals surface area contributed by atoms with E-state index in [4.69, 9.17) is 4.74 Å². The third kappa shape index (κ3) is 3.18. The third-order valence-electron chi connectivity index (χ3n) is 4.47. The lowest BCUT2D eigenvalue weighted by Crippen LogP contribution is -2.41. The average molecular weight is 352 g/mol. The summed E-state index contributed by atoms with van der Waals surface area (Å²) in [7, 11) is 0. The van der Waals surface area contributed by atoms with Crippen LogP contribution in [0.5, 0.6) is 5.75 Å². The van der Waals surface area contributed by atoms with Crippen molar-refractivity contribution in [3.63, 3.8) is 0 Å². The van der Waals surface area contributed by atoms with Crippen molar-refractivity contribution in [2.24, 2.45) is 0 Å². The quantitative estimate of drug-likeness (QED) is 0.521. The number of nitrogens with zero attached hydrogens (tertiary/aromatic N) is 1. The molecule has 3 rings (SSSR count). The normalized spacial score (nSPS) is 19.4. The van der Waals surface area contributed by atoms with Gasteiger partial charge in [-0.15, -0.1) is 0 Å². The molecule has 0 radical (unpaired) electrons. The Hall–Kier alpha value is -3.15. The fourth-order valence-corrected chi connectivity index (χ4v) is 3.01. The van der Waals surface area contributed by atoms with Gasteiger partial charge in [-0.1, -0.05) is 48.0 Å². The summed E-state index contributed by atoms with van der Waals surface area (Å²) in [4.78, 5) is 38.2. The minimum absolute atomic E-state index is 0.415. The summed E-state index contributed by atoms with van der Waals surface area (Å²) in [6, 6.07) is 13.7. The van der Waals surface area contributed by atoms with E-state index in [2.05, 4.69) is 5.32 Å². The van der Waals surface area contributed by atoms with Crippen LogP contribution in [-0.2, 0) is 15.1 Å². The Labute approximate surface area is 151 Å². The number of amides is 3. The molecule has 0 aliphatic carbocycles. The second kappa shape index (κ2) is 6.63. The fraction of sp³-hybridized carbons (Fsp3) is 0.250. The number of imide groups is 1. The maximum absolute atomic E-state index is 12.8. The first-order chi connectivity index (χ1) is 12.3. The van der Waals surface area contributed by atoms with Crippen LogP contribution in [0, 0.1) is 13.8 Å². The molecule has 0 saturated carbocycles. The number of aryl methyl sites for hydroxylation is 2. The summed E-state index contributed by atoms with van der Waals surface area (Å²) in [5.74, 6) is -0.734. The first kappa shape index (κ1) is 17.7. The summed E-state index contributed by atoms with van der Waals surface area (Å²) in [6.45, 7) is 4.95. The predicted molar refractivity (Wildman–Crippen MR) is 95.6 cm³/mol. The lowest BCUT2D eigenvalue weighted by atomic mass is 9.92. The van der Waals surface area contributed by atoms with Gasteiger partial charge >= 0.3 is 12.0 Å². The molecular formula is C20H20N2O4. The highest BCUT2D eigenvalue weighted by molar-refractivity contribution is 6.08. The minimum Gasteiger partial charge on any atom is -0.425 e. The molecule has 1 atom stereocenters. The standard InChI is InChI=1S/C20H20N2O4/c1-13-9-10-16(14(2)11-13)26-17(23)12-22-18(24)20(3,21-19(22)25)15-7-5-4-6-8-15/h4-11H,12H2,1-3H3,(H,21,25). The van der Waals surface area contributed by atoms with Crippen LogP contribution in [0.1, 0.15) is 23.6 Å². The van der Waals surface area contributed by atoms with Gasteiger partial charge in [0, 0.05) is 0 Å². The van der Waals surface area contributed by atoms with Gasteiger partial charge in [0.25, 0.3) is 5.91 Å². The van der Waals surface area contributed by atoms with E-state index in [1.54, 1.807) is 37.3 Å². The van der Waals surface area contributed by atoms with E-state index in [0.29, 0.717) is 11.3 Å². The van der Waals surface area contributed by atoms with Gasteiger partial charge in [-0.05, 0) is 38.0 Å². The Balaban J connectivity index is 1.74. The lowest BCUT2D eigenvalue weighted by molar-refractivity contribution is -0.141. The summed E-state index contributed by atoms with van der Waals surface area (Å²) >= 11 is 0. The monoisotopic (exact) mass is 352 g/mol. The molecule has 2 aromatic carbocycles. The molecule has 2 aromatic rings. The van der Waals surface area contributed by atoms with Crippen LogP contribution in [0.4, 0.5) is 4.79 Å². The molecule has 1 aliphatic heterocycles.